The fourth-order valence-corrected chi connectivity index (χ4v) is 2.71. The molecule has 0 unspecified atom stereocenters. The first-order valence-electron chi connectivity index (χ1n) is 7.24. The van der Waals surface area contributed by atoms with Crippen molar-refractivity contribution in [2.45, 2.75) is 0 Å². The second-order valence-corrected chi connectivity index (χ2v) is 6.35. The summed E-state index contributed by atoms with van der Waals surface area (Å²) in [5, 5.41) is 0. The van der Waals surface area contributed by atoms with Crippen molar-refractivity contribution in [3.8, 4) is 0 Å². The van der Waals surface area contributed by atoms with Gasteiger partial charge in [0.05, 0.1) is 0 Å². The van der Waals surface area contributed by atoms with Gasteiger partial charge in [0.25, 0.3) is 0 Å². The van der Waals surface area contributed by atoms with Crippen LogP contribution in [0.25, 0.3) is 0 Å². The van der Waals surface area contributed by atoms with E-state index < -0.39 is 0 Å². The van der Waals surface area contributed by atoms with Gasteiger partial charge in [-0.1, -0.05) is 0 Å². The summed E-state index contributed by atoms with van der Waals surface area (Å²) >= 11 is 3.42. The van der Waals surface area contributed by atoms with E-state index in [1.807, 2.05) is 37.3 Å². The summed E-state index contributed by atoms with van der Waals surface area (Å²) in [5.41, 5.74) is 0. The molecule has 0 bridgehead atoms. The van der Waals surface area contributed by atoms with Crippen molar-refractivity contribution in [2.75, 3.05) is 55.0 Å². The fourth-order valence-electron chi connectivity index (χ4n) is 2.47. The quantitative estimate of drug-likeness (QED) is 0.832. The molecule has 2 aromatic heterocycles. The molecule has 6 nitrogen and oxygen atoms in total. The Hall–Kier alpha value is -1.89. The highest BCUT2D eigenvalue weighted by Crippen LogP contribution is 2.20. The molecule has 0 aromatic carbocycles. The van der Waals surface area contributed by atoms with E-state index in [4.69, 9.17) is 0 Å². The molecule has 0 amide bonds. The van der Waals surface area contributed by atoms with Gasteiger partial charge in [-0.05, 0) is 28.1 Å². The Morgan fingerprint density at radius 3 is 2.23 bits per heavy atom. The van der Waals surface area contributed by atoms with E-state index in [0.29, 0.717) is 0 Å². The molecule has 0 spiro atoms. The van der Waals surface area contributed by atoms with Crippen LogP contribution in [0, 0.1) is 0 Å². The molecule has 7 heteroatoms. The highest BCUT2D eigenvalue weighted by atomic mass is 79.9. The fraction of sp³-hybridized carbons (Fsp3) is 0.400. The molecule has 0 N–H and O–H groups in total. The maximum atomic E-state index is 4.47. The van der Waals surface area contributed by atoms with E-state index in [-0.39, 0.29) is 0 Å². The number of nitrogens with zero attached hydrogens (tertiary/aromatic N) is 6. The molecule has 1 fully saturated rings. The van der Waals surface area contributed by atoms with Crippen LogP contribution < -0.4 is 14.7 Å². The lowest BCUT2D eigenvalue weighted by Crippen LogP contribution is -2.47. The first-order chi connectivity index (χ1) is 10.6. The van der Waals surface area contributed by atoms with Gasteiger partial charge >= 0.3 is 0 Å². The number of anilines is 3. The maximum Gasteiger partial charge on any atom is 0.134 e. The van der Waals surface area contributed by atoms with Gasteiger partial charge in [0.15, 0.2) is 0 Å². The van der Waals surface area contributed by atoms with Crippen molar-refractivity contribution >= 4 is 33.4 Å². The third-order valence-corrected chi connectivity index (χ3v) is 4.20. The predicted molar refractivity (Wildman–Crippen MR) is 92.7 cm³/mol. The molecule has 1 aliphatic rings. The molecule has 3 heterocycles. The normalized spacial score (nSPS) is 15.0. The Bertz CT molecular complexity index is 622. The van der Waals surface area contributed by atoms with Gasteiger partial charge in [0.1, 0.15) is 23.8 Å². The molecule has 3 rings (SSSR count). The Kier molecular flexibility index (Phi) is 4.42. The molecule has 1 saturated heterocycles. The molecule has 22 heavy (non-hydrogen) atoms. The summed E-state index contributed by atoms with van der Waals surface area (Å²) in [4.78, 5) is 19.7. The number of hydrogen-bond donors (Lipinski definition) is 0. The van der Waals surface area contributed by atoms with Crippen molar-refractivity contribution in [1.29, 1.82) is 0 Å². The topological polar surface area (TPSA) is 48.4 Å². The molecule has 116 valence electrons. The van der Waals surface area contributed by atoms with E-state index in [2.05, 4.69) is 46.7 Å². The minimum Gasteiger partial charge on any atom is -0.363 e. The zero-order valence-corrected chi connectivity index (χ0v) is 14.4. The van der Waals surface area contributed by atoms with Crippen LogP contribution in [-0.2, 0) is 0 Å². The van der Waals surface area contributed by atoms with Crippen LogP contribution in [0.4, 0.5) is 17.5 Å². The standard InChI is InChI=1S/C15H19BrN6/c1-20(2)14-9-15(19-11-18-14)22-7-5-21(6-8-22)13-4-3-12(16)10-17-13/h3-4,9-11H,5-8H2,1-2H3. The van der Waals surface area contributed by atoms with Gasteiger partial charge in [-0.25, -0.2) is 15.0 Å². The second-order valence-electron chi connectivity index (χ2n) is 5.44. The summed E-state index contributed by atoms with van der Waals surface area (Å²) in [6, 6.07) is 6.12. The molecule has 0 atom stereocenters. The largest absolute Gasteiger partial charge is 0.363 e. The van der Waals surface area contributed by atoms with Crippen LogP contribution in [0.2, 0.25) is 0 Å². The van der Waals surface area contributed by atoms with E-state index >= 15 is 0 Å². The van der Waals surface area contributed by atoms with E-state index in [9.17, 15) is 0 Å². The van der Waals surface area contributed by atoms with Gasteiger partial charge in [0.2, 0.25) is 0 Å². The Morgan fingerprint density at radius 2 is 1.64 bits per heavy atom. The Balaban J connectivity index is 1.66. The summed E-state index contributed by atoms with van der Waals surface area (Å²) in [6.07, 6.45) is 3.48. The zero-order chi connectivity index (χ0) is 15.5. The second kappa shape index (κ2) is 6.48. The zero-order valence-electron chi connectivity index (χ0n) is 12.8. The summed E-state index contributed by atoms with van der Waals surface area (Å²) in [6.45, 7) is 3.75. The average molecular weight is 363 g/mol. The number of halogens is 1. The molecular formula is C15H19BrN6. The van der Waals surface area contributed by atoms with Crippen molar-refractivity contribution in [1.82, 2.24) is 15.0 Å². The molecular weight excluding hydrogens is 344 g/mol. The lowest BCUT2D eigenvalue weighted by atomic mass is 10.3. The Morgan fingerprint density at radius 1 is 0.955 bits per heavy atom. The first-order valence-corrected chi connectivity index (χ1v) is 8.03. The van der Waals surface area contributed by atoms with Gasteiger partial charge in [-0.3, -0.25) is 0 Å². The summed E-state index contributed by atoms with van der Waals surface area (Å²) < 4.78 is 1.01. The molecule has 0 saturated carbocycles. The number of hydrogen-bond acceptors (Lipinski definition) is 6. The van der Waals surface area contributed by atoms with Crippen LogP contribution in [0.1, 0.15) is 0 Å². The number of rotatable bonds is 3. The lowest BCUT2D eigenvalue weighted by molar-refractivity contribution is 0.641. The monoisotopic (exact) mass is 362 g/mol. The molecule has 0 aliphatic carbocycles. The van der Waals surface area contributed by atoms with Crippen LogP contribution in [0.15, 0.2) is 35.2 Å². The highest BCUT2D eigenvalue weighted by Gasteiger charge is 2.19. The van der Waals surface area contributed by atoms with Crippen LogP contribution in [0.5, 0.6) is 0 Å². The van der Waals surface area contributed by atoms with E-state index in [0.717, 1.165) is 48.1 Å². The third kappa shape index (κ3) is 3.30. The number of aromatic nitrogens is 3. The Labute approximate surface area is 138 Å². The predicted octanol–water partition coefficient (Wildman–Crippen LogP) is 2.03. The molecule has 1 aliphatic heterocycles. The van der Waals surface area contributed by atoms with Gasteiger partial charge in [-0.15, -0.1) is 0 Å². The van der Waals surface area contributed by atoms with Crippen molar-refractivity contribution < 1.29 is 0 Å². The minimum atomic E-state index is 0.932. The van der Waals surface area contributed by atoms with Crippen LogP contribution in [0.3, 0.4) is 0 Å². The number of pyridine rings is 1. The van der Waals surface area contributed by atoms with E-state index in [1.54, 1.807) is 6.33 Å². The van der Waals surface area contributed by atoms with Gasteiger partial charge in [0, 0.05) is 57.0 Å². The molecule has 2 aromatic rings. The number of piperazine rings is 1. The molecule has 0 radical (unpaired) electrons. The van der Waals surface area contributed by atoms with Gasteiger partial charge in [-0.2, -0.15) is 0 Å². The summed E-state index contributed by atoms with van der Waals surface area (Å²) in [7, 11) is 3.98. The maximum absolute atomic E-state index is 4.47. The first kappa shape index (κ1) is 15.0. The van der Waals surface area contributed by atoms with Crippen molar-refractivity contribution in [2.24, 2.45) is 0 Å². The third-order valence-electron chi connectivity index (χ3n) is 3.74. The summed E-state index contributed by atoms with van der Waals surface area (Å²) in [5.74, 6) is 2.95. The van der Waals surface area contributed by atoms with Crippen molar-refractivity contribution in [3.63, 3.8) is 0 Å². The average Bonchev–Trinajstić information content (AvgIpc) is 2.56. The SMILES string of the molecule is CN(C)c1cc(N2CCN(c3ccc(Br)cn3)CC2)ncn1. The minimum absolute atomic E-state index is 0.932. The van der Waals surface area contributed by atoms with Gasteiger partial charge < -0.3 is 14.7 Å². The lowest BCUT2D eigenvalue weighted by Gasteiger charge is -2.36. The highest BCUT2D eigenvalue weighted by molar-refractivity contribution is 9.10. The smallest absolute Gasteiger partial charge is 0.134 e. The van der Waals surface area contributed by atoms with Crippen LogP contribution >= 0.6 is 15.9 Å². The van der Waals surface area contributed by atoms with Crippen LogP contribution in [-0.4, -0.2) is 55.2 Å². The van der Waals surface area contributed by atoms with Crippen molar-refractivity contribution in [3.05, 3.63) is 35.2 Å². The van der Waals surface area contributed by atoms with E-state index in [1.165, 1.54) is 0 Å².